The molecule has 12 nitrogen and oxygen atoms in total. The number of carbonyl (C=O) groups excluding carboxylic acids is 2. The first-order chi connectivity index (χ1) is 20.3. The second-order valence-electron chi connectivity index (χ2n) is 9.37. The molecule has 1 aliphatic heterocycles. The molecule has 12 heteroatoms. The number of fused-ring (bicyclic) bond motifs is 1. The third kappa shape index (κ3) is 5.59. The standard InChI is InChI=1S/C30H28N8O4/c1-41-24-13-17(12-21-15-35-30(33)37-28(21)31)11-18(27(24)42-2)8-10-25(39)38-26(20-7-9-23(29(32)40)34-14-20)22-6-4-3-5-19(22)16-36-38/h3-11,13-16,26H,12H2,1-2H3,(H2,32,40)(H4,31,33,35,37). The molecule has 0 saturated heterocycles. The van der Waals surface area contributed by atoms with Crippen molar-refractivity contribution in [3.05, 3.63) is 106 Å². The summed E-state index contributed by atoms with van der Waals surface area (Å²) in [5.74, 6) is 0.247. The fourth-order valence-electron chi connectivity index (χ4n) is 4.72. The van der Waals surface area contributed by atoms with Gasteiger partial charge >= 0.3 is 0 Å². The Morgan fingerprint density at radius 1 is 1.02 bits per heavy atom. The van der Waals surface area contributed by atoms with Gasteiger partial charge in [-0.25, -0.2) is 9.99 Å². The van der Waals surface area contributed by atoms with Gasteiger partial charge in [-0.05, 0) is 41.0 Å². The zero-order chi connectivity index (χ0) is 29.8. The van der Waals surface area contributed by atoms with Crippen LogP contribution < -0.4 is 26.7 Å². The van der Waals surface area contributed by atoms with Crippen LogP contribution in [0.5, 0.6) is 11.5 Å². The van der Waals surface area contributed by atoms with Crippen molar-refractivity contribution in [2.24, 2.45) is 10.8 Å². The number of hydrazone groups is 1. The number of hydrogen-bond donors (Lipinski definition) is 3. The predicted octanol–water partition coefficient (Wildman–Crippen LogP) is 2.72. The van der Waals surface area contributed by atoms with E-state index < -0.39 is 17.9 Å². The zero-order valence-electron chi connectivity index (χ0n) is 22.9. The number of primary amides is 1. The number of anilines is 2. The number of rotatable bonds is 8. The molecule has 0 radical (unpaired) electrons. The molecular weight excluding hydrogens is 536 g/mol. The minimum Gasteiger partial charge on any atom is -0.493 e. The Labute approximate surface area is 241 Å². The molecular formula is C30H28N8O4. The van der Waals surface area contributed by atoms with Crippen LogP contribution in [0.4, 0.5) is 11.8 Å². The molecule has 2 amide bonds. The van der Waals surface area contributed by atoms with Crippen molar-refractivity contribution in [2.45, 2.75) is 12.5 Å². The number of nitrogens with zero attached hydrogens (tertiary/aromatic N) is 5. The molecule has 212 valence electrons. The molecule has 1 atom stereocenters. The van der Waals surface area contributed by atoms with Gasteiger partial charge < -0.3 is 26.7 Å². The lowest BCUT2D eigenvalue weighted by atomic mass is 9.94. The van der Waals surface area contributed by atoms with Gasteiger partial charge in [-0.3, -0.25) is 14.6 Å². The Hall–Kier alpha value is -5.78. The lowest BCUT2D eigenvalue weighted by Gasteiger charge is -2.31. The van der Waals surface area contributed by atoms with Crippen LogP contribution in [0, 0.1) is 0 Å². The summed E-state index contributed by atoms with van der Waals surface area (Å²) in [6, 6.07) is 13.9. The summed E-state index contributed by atoms with van der Waals surface area (Å²) in [5, 5.41) is 5.82. The average molecular weight is 565 g/mol. The maximum atomic E-state index is 13.7. The van der Waals surface area contributed by atoms with E-state index in [1.165, 1.54) is 37.6 Å². The monoisotopic (exact) mass is 564 g/mol. The number of benzene rings is 2. The Bertz CT molecular complexity index is 1720. The Morgan fingerprint density at radius 2 is 1.83 bits per heavy atom. The van der Waals surface area contributed by atoms with Gasteiger partial charge in [0, 0.05) is 41.6 Å². The molecule has 2 aromatic heterocycles. The maximum absolute atomic E-state index is 13.7. The van der Waals surface area contributed by atoms with Crippen LogP contribution in [0.3, 0.4) is 0 Å². The van der Waals surface area contributed by atoms with Crippen molar-refractivity contribution in [1.29, 1.82) is 0 Å². The first-order valence-corrected chi connectivity index (χ1v) is 12.8. The Kier molecular flexibility index (Phi) is 7.78. The van der Waals surface area contributed by atoms with E-state index >= 15 is 0 Å². The number of carbonyl (C=O) groups is 2. The highest BCUT2D eigenvalue weighted by Crippen LogP contribution is 2.36. The molecule has 1 unspecified atom stereocenters. The molecule has 4 aromatic rings. The smallest absolute Gasteiger partial charge is 0.267 e. The van der Waals surface area contributed by atoms with E-state index in [0.717, 1.165) is 16.7 Å². The minimum absolute atomic E-state index is 0.0894. The molecule has 6 N–H and O–H groups in total. The fourth-order valence-corrected chi connectivity index (χ4v) is 4.72. The maximum Gasteiger partial charge on any atom is 0.267 e. The first-order valence-electron chi connectivity index (χ1n) is 12.8. The second-order valence-corrected chi connectivity index (χ2v) is 9.37. The van der Waals surface area contributed by atoms with Crippen LogP contribution in [0.1, 0.15) is 49.9 Å². The lowest BCUT2D eigenvalue weighted by Crippen LogP contribution is -2.33. The van der Waals surface area contributed by atoms with Gasteiger partial charge in [-0.2, -0.15) is 10.1 Å². The van der Waals surface area contributed by atoms with Gasteiger partial charge in [0.05, 0.1) is 20.4 Å². The number of hydrogen-bond acceptors (Lipinski definition) is 10. The highest BCUT2D eigenvalue weighted by atomic mass is 16.5. The molecule has 0 saturated carbocycles. The average Bonchev–Trinajstić information content (AvgIpc) is 3.00. The number of methoxy groups -OCH3 is 2. The van der Waals surface area contributed by atoms with Gasteiger partial charge in [0.25, 0.3) is 11.8 Å². The van der Waals surface area contributed by atoms with E-state index in [4.69, 9.17) is 26.7 Å². The van der Waals surface area contributed by atoms with Gasteiger partial charge in [0.1, 0.15) is 17.6 Å². The molecule has 42 heavy (non-hydrogen) atoms. The van der Waals surface area contributed by atoms with Crippen molar-refractivity contribution >= 4 is 35.9 Å². The third-order valence-corrected chi connectivity index (χ3v) is 6.72. The van der Waals surface area contributed by atoms with E-state index in [1.54, 1.807) is 24.6 Å². The molecule has 0 bridgehead atoms. The summed E-state index contributed by atoms with van der Waals surface area (Å²) in [6.45, 7) is 0. The van der Waals surface area contributed by atoms with Crippen LogP contribution >= 0.6 is 0 Å². The summed E-state index contributed by atoms with van der Waals surface area (Å²) < 4.78 is 11.2. The summed E-state index contributed by atoms with van der Waals surface area (Å²) in [7, 11) is 3.05. The number of pyridine rings is 1. The summed E-state index contributed by atoms with van der Waals surface area (Å²) >= 11 is 0. The number of ether oxygens (including phenoxy) is 2. The lowest BCUT2D eigenvalue weighted by molar-refractivity contribution is -0.127. The first kappa shape index (κ1) is 27.8. The van der Waals surface area contributed by atoms with Gasteiger partial charge in [0.15, 0.2) is 11.5 Å². The quantitative estimate of drug-likeness (QED) is 0.271. The summed E-state index contributed by atoms with van der Waals surface area (Å²) in [4.78, 5) is 37.5. The van der Waals surface area contributed by atoms with Crippen LogP contribution in [0.2, 0.25) is 0 Å². The summed E-state index contributed by atoms with van der Waals surface area (Å²) in [5.41, 5.74) is 21.6. The van der Waals surface area contributed by atoms with Crippen LogP contribution in [-0.2, 0) is 11.2 Å². The molecule has 1 aliphatic rings. The molecule has 0 aliphatic carbocycles. The van der Waals surface area contributed by atoms with Crippen molar-refractivity contribution in [1.82, 2.24) is 20.0 Å². The predicted molar refractivity (Wildman–Crippen MR) is 158 cm³/mol. The highest BCUT2D eigenvalue weighted by Gasteiger charge is 2.30. The molecule has 2 aromatic carbocycles. The van der Waals surface area contributed by atoms with E-state index in [9.17, 15) is 9.59 Å². The molecule has 0 fully saturated rings. The van der Waals surface area contributed by atoms with Gasteiger partial charge in [-0.15, -0.1) is 0 Å². The minimum atomic E-state index is -0.641. The van der Waals surface area contributed by atoms with E-state index in [0.29, 0.717) is 34.6 Å². The Balaban J connectivity index is 1.49. The topological polar surface area (TPSA) is 185 Å². The number of nitrogen functional groups attached to an aromatic ring is 2. The third-order valence-electron chi connectivity index (χ3n) is 6.72. The Morgan fingerprint density at radius 3 is 2.52 bits per heavy atom. The number of aromatic nitrogens is 3. The van der Waals surface area contributed by atoms with Crippen LogP contribution in [0.15, 0.2) is 72.1 Å². The molecule has 3 heterocycles. The zero-order valence-corrected chi connectivity index (χ0v) is 22.9. The van der Waals surface area contributed by atoms with E-state index in [-0.39, 0.29) is 17.5 Å². The molecule has 0 spiro atoms. The largest absolute Gasteiger partial charge is 0.493 e. The van der Waals surface area contributed by atoms with Crippen LogP contribution in [0.25, 0.3) is 6.08 Å². The normalized spacial score (nSPS) is 14.0. The van der Waals surface area contributed by atoms with E-state index in [1.807, 2.05) is 36.4 Å². The fraction of sp³-hybridized carbons (Fsp3) is 0.133. The molecule has 5 rings (SSSR count). The number of nitrogens with two attached hydrogens (primary N) is 3. The van der Waals surface area contributed by atoms with Crippen molar-refractivity contribution < 1.29 is 19.1 Å². The van der Waals surface area contributed by atoms with Gasteiger partial charge in [0.2, 0.25) is 5.95 Å². The van der Waals surface area contributed by atoms with Crippen LogP contribution in [-0.4, -0.2) is 52.2 Å². The summed E-state index contributed by atoms with van der Waals surface area (Å²) in [6.07, 6.45) is 8.17. The SMILES string of the molecule is COc1cc(Cc2cnc(N)nc2N)cc(C=CC(=O)N2N=Cc3ccccc3C2c2ccc(C(N)=O)nc2)c1OC. The second kappa shape index (κ2) is 11.8. The van der Waals surface area contributed by atoms with Crippen molar-refractivity contribution in [2.75, 3.05) is 25.7 Å². The van der Waals surface area contributed by atoms with Gasteiger partial charge in [-0.1, -0.05) is 30.3 Å². The van der Waals surface area contributed by atoms with E-state index in [2.05, 4.69) is 20.1 Å². The van der Waals surface area contributed by atoms with Crippen molar-refractivity contribution in [3.8, 4) is 11.5 Å². The number of amides is 2. The van der Waals surface area contributed by atoms with Crippen molar-refractivity contribution in [3.63, 3.8) is 0 Å². The highest BCUT2D eigenvalue weighted by molar-refractivity contribution is 5.95.